The zero-order valence-corrected chi connectivity index (χ0v) is 18.2. The van der Waals surface area contributed by atoms with E-state index >= 15 is 0 Å². The third-order valence-electron chi connectivity index (χ3n) is 5.88. The molecule has 0 saturated carbocycles. The van der Waals surface area contributed by atoms with Crippen molar-refractivity contribution in [3.05, 3.63) is 33.9 Å². The summed E-state index contributed by atoms with van der Waals surface area (Å²) in [5, 5.41) is 18.0. The molecule has 2 aliphatic rings. The van der Waals surface area contributed by atoms with Gasteiger partial charge in [-0.25, -0.2) is 0 Å². The maximum Gasteiger partial charge on any atom is 0.293 e. The van der Waals surface area contributed by atoms with E-state index in [4.69, 9.17) is 0 Å². The van der Waals surface area contributed by atoms with Gasteiger partial charge in [-0.1, -0.05) is 13.8 Å². The number of rotatable bonds is 6. The third-order valence-corrected chi connectivity index (χ3v) is 5.88. The molecule has 3 unspecified atom stereocenters. The summed E-state index contributed by atoms with van der Waals surface area (Å²) in [4.78, 5) is 25.9. The van der Waals surface area contributed by atoms with Gasteiger partial charge in [0.2, 0.25) is 0 Å². The minimum Gasteiger partial charge on any atom is -0.365 e. The minimum absolute atomic E-state index is 0. The Morgan fingerprint density at radius 1 is 1.31 bits per heavy atom. The molecule has 0 spiro atoms. The van der Waals surface area contributed by atoms with Gasteiger partial charge in [-0.05, 0) is 68.7 Å². The van der Waals surface area contributed by atoms with E-state index in [0.717, 1.165) is 39.0 Å². The van der Waals surface area contributed by atoms with Gasteiger partial charge in [0, 0.05) is 31.3 Å². The Balaban J connectivity index is 0.00000300. The van der Waals surface area contributed by atoms with Crippen LogP contribution in [0.15, 0.2) is 18.2 Å². The second kappa shape index (κ2) is 10.8. The fourth-order valence-electron chi connectivity index (χ4n) is 4.60. The summed E-state index contributed by atoms with van der Waals surface area (Å²) in [7, 11) is 0. The van der Waals surface area contributed by atoms with Crippen molar-refractivity contribution in [3.63, 3.8) is 0 Å². The van der Waals surface area contributed by atoms with Crippen LogP contribution in [0, 0.1) is 27.9 Å². The first-order valence-electron chi connectivity index (χ1n) is 10.5. The van der Waals surface area contributed by atoms with Crippen LogP contribution in [0.4, 0.5) is 11.4 Å². The zero-order valence-electron chi connectivity index (χ0n) is 17.4. The Morgan fingerprint density at radius 2 is 2.03 bits per heavy atom. The predicted molar refractivity (Wildman–Crippen MR) is 118 cm³/mol. The normalized spacial score (nSPS) is 24.5. The molecular weight excluding hydrogens is 392 g/mol. The van der Waals surface area contributed by atoms with Crippen LogP contribution in [-0.4, -0.2) is 43.6 Å². The van der Waals surface area contributed by atoms with Crippen LogP contribution >= 0.6 is 12.4 Å². The number of anilines is 1. The van der Waals surface area contributed by atoms with Crippen molar-refractivity contribution in [2.45, 2.75) is 39.5 Å². The van der Waals surface area contributed by atoms with Gasteiger partial charge >= 0.3 is 0 Å². The molecule has 162 valence electrons. The second-order valence-corrected chi connectivity index (χ2v) is 8.57. The summed E-state index contributed by atoms with van der Waals surface area (Å²) >= 11 is 0. The molecule has 2 N–H and O–H groups in total. The molecule has 0 aliphatic carbocycles. The Hall–Kier alpha value is -1.86. The van der Waals surface area contributed by atoms with Crippen LogP contribution in [0.1, 0.15) is 49.9 Å². The van der Waals surface area contributed by atoms with Crippen molar-refractivity contribution < 1.29 is 9.72 Å². The van der Waals surface area contributed by atoms with E-state index < -0.39 is 0 Å². The molecule has 7 nitrogen and oxygen atoms in total. The van der Waals surface area contributed by atoms with Crippen LogP contribution in [0.25, 0.3) is 0 Å². The maximum absolute atomic E-state index is 12.5. The number of carbonyl (C=O) groups is 1. The predicted octanol–water partition coefficient (Wildman–Crippen LogP) is 3.62. The highest BCUT2D eigenvalue weighted by atomic mass is 35.5. The summed E-state index contributed by atoms with van der Waals surface area (Å²) in [6, 6.07) is 4.88. The van der Waals surface area contributed by atoms with Gasteiger partial charge in [0.15, 0.2) is 0 Å². The third kappa shape index (κ3) is 6.31. The summed E-state index contributed by atoms with van der Waals surface area (Å²) in [6.45, 7) is 8.66. The van der Waals surface area contributed by atoms with Gasteiger partial charge < -0.3 is 15.5 Å². The first kappa shape index (κ1) is 23.4. The molecule has 1 aromatic carbocycles. The lowest BCUT2D eigenvalue weighted by Crippen LogP contribution is -2.39. The Bertz CT molecular complexity index is 699. The van der Waals surface area contributed by atoms with Crippen molar-refractivity contribution in [3.8, 4) is 0 Å². The van der Waals surface area contributed by atoms with Crippen molar-refractivity contribution >= 4 is 29.7 Å². The molecule has 0 radical (unpaired) electrons. The fraction of sp³-hybridized carbons (Fsp3) is 0.667. The van der Waals surface area contributed by atoms with Gasteiger partial charge in [-0.3, -0.25) is 14.9 Å². The molecule has 0 bridgehead atoms. The SMILES string of the molecule is CC1CC(C)CN(c2ccc(C(=O)NCCC3CCCNC3)cc2[N+](=O)[O-])C1.Cl. The monoisotopic (exact) mass is 424 g/mol. The fourth-order valence-corrected chi connectivity index (χ4v) is 4.60. The molecule has 1 amide bonds. The van der Waals surface area contributed by atoms with Crippen LogP contribution in [0.3, 0.4) is 0 Å². The topological polar surface area (TPSA) is 87.5 Å². The zero-order chi connectivity index (χ0) is 20.1. The van der Waals surface area contributed by atoms with Crippen LogP contribution in [0.5, 0.6) is 0 Å². The van der Waals surface area contributed by atoms with Crippen LogP contribution in [-0.2, 0) is 0 Å². The van der Waals surface area contributed by atoms with Gasteiger partial charge in [0.25, 0.3) is 11.6 Å². The largest absolute Gasteiger partial charge is 0.365 e. The second-order valence-electron chi connectivity index (χ2n) is 8.57. The number of halogens is 1. The number of benzene rings is 1. The lowest BCUT2D eigenvalue weighted by molar-refractivity contribution is -0.384. The van der Waals surface area contributed by atoms with E-state index in [1.165, 1.54) is 18.9 Å². The van der Waals surface area contributed by atoms with E-state index in [0.29, 0.717) is 35.5 Å². The number of nitrogens with one attached hydrogen (secondary N) is 2. The van der Waals surface area contributed by atoms with E-state index in [1.807, 2.05) is 0 Å². The minimum atomic E-state index is -0.371. The molecule has 2 saturated heterocycles. The number of piperidine rings is 2. The van der Waals surface area contributed by atoms with Crippen LogP contribution < -0.4 is 15.5 Å². The number of nitro groups is 1. The molecule has 1 aromatic rings. The smallest absolute Gasteiger partial charge is 0.293 e. The standard InChI is InChI=1S/C21H32N4O3.ClH/c1-15-10-16(2)14-24(13-15)19-6-5-18(11-20(19)25(27)28)21(26)23-9-7-17-4-3-8-22-12-17;/h5-6,11,15-17,22H,3-4,7-10,12-14H2,1-2H3,(H,23,26);1H. The van der Waals surface area contributed by atoms with E-state index in [2.05, 4.69) is 29.4 Å². The molecule has 2 fully saturated rings. The van der Waals surface area contributed by atoms with Crippen molar-refractivity contribution in [2.24, 2.45) is 17.8 Å². The van der Waals surface area contributed by atoms with E-state index in [-0.39, 0.29) is 28.9 Å². The number of hydrogen-bond acceptors (Lipinski definition) is 5. The number of nitro benzene ring substituents is 1. The van der Waals surface area contributed by atoms with Gasteiger partial charge in [0.05, 0.1) is 4.92 Å². The summed E-state index contributed by atoms with van der Waals surface area (Å²) in [5.74, 6) is 1.36. The van der Waals surface area contributed by atoms with E-state index in [1.54, 1.807) is 12.1 Å². The highest BCUT2D eigenvalue weighted by molar-refractivity contribution is 5.95. The lowest BCUT2D eigenvalue weighted by atomic mass is 9.91. The van der Waals surface area contributed by atoms with Gasteiger partial charge in [0.1, 0.15) is 5.69 Å². The molecule has 8 heteroatoms. The summed E-state index contributed by atoms with van der Waals surface area (Å²) in [5.41, 5.74) is 0.994. The average Bonchev–Trinajstić information content (AvgIpc) is 2.67. The lowest BCUT2D eigenvalue weighted by Gasteiger charge is -2.36. The molecular formula is C21H33ClN4O3. The summed E-state index contributed by atoms with van der Waals surface area (Å²) in [6.07, 6.45) is 4.44. The van der Waals surface area contributed by atoms with Crippen LogP contribution in [0.2, 0.25) is 0 Å². The average molecular weight is 425 g/mol. The number of nitrogens with zero attached hydrogens (tertiary/aromatic N) is 2. The van der Waals surface area contributed by atoms with Crippen molar-refractivity contribution in [1.29, 1.82) is 0 Å². The molecule has 2 aliphatic heterocycles. The Labute approximate surface area is 179 Å². The first-order chi connectivity index (χ1) is 13.4. The first-order valence-corrected chi connectivity index (χ1v) is 10.5. The molecule has 2 heterocycles. The van der Waals surface area contributed by atoms with E-state index in [9.17, 15) is 14.9 Å². The molecule has 0 aromatic heterocycles. The van der Waals surface area contributed by atoms with Gasteiger partial charge in [-0.15, -0.1) is 12.4 Å². The molecule has 29 heavy (non-hydrogen) atoms. The van der Waals surface area contributed by atoms with Crippen molar-refractivity contribution in [2.75, 3.05) is 37.6 Å². The maximum atomic E-state index is 12.5. The Kier molecular flexibility index (Phi) is 8.71. The number of hydrogen-bond donors (Lipinski definition) is 2. The quantitative estimate of drug-likeness (QED) is 0.538. The highest BCUT2D eigenvalue weighted by Gasteiger charge is 2.28. The number of amides is 1. The molecule has 3 rings (SSSR count). The Morgan fingerprint density at radius 3 is 2.66 bits per heavy atom. The van der Waals surface area contributed by atoms with Crippen molar-refractivity contribution in [1.82, 2.24) is 10.6 Å². The number of carbonyl (C=O) groups excluding carboxylic acids is 1. The summed E-state index contributed by atoms with van der Waals surface area (Å²) < 4.78 is 0. The highest BCUT2D eigenvalue weighted by Crippen LogP contribution is 2.33. The van der Waals surface area contributed by atoms with Gasteiger partial charge in [-0.2, -0.15) is 0 Å². The molecule has 3 atom stereocenters.